The fourth-order valence-electron chi connectivity index (χ4n) is 5.56. The molecule has 0 radical (unpaired) electrons. The molecule has 0 aliphatic rings. The summed E-state index contributed by atoms with van der Waals surface area (Å²) in [5.41, 5.74) is 9.17. The van der Waals surface area contributed by atoms with Crippen molar-refractivity contribution in [1.29, 1.82) is 0 Å². The maximum atomic E-state index is 12.8. The summed E-state index contributed by atoms with van der Waals surface area (Å²) in [6, 6.07) is 53.5. The predicted molar refractivity (Wildman–Crippen MR) is 192 cm³/mol. The van der Waals surface area contributed by atoms with Gasteiger partial charge in [0.05, 0.1) is 0 Å². The smallest absolute Gasteiger partial charge is 0.164 e. The lowest BCUT2D eigenvalue weighted by molar-refractivity contribution is 0.588. The van der Waals surface area contributed by atoms with Crippen LogP contribution in [0, 0.1) is 0 Å². The van der Waals surface area contributed by atoms with Crippen LogP contribution in [0.2, 0.25) is 0 Å². The summed E-state index contributed by atoms with van der Waals surface area (Å²) in [7, 11) is -2.40. The summed E-state index contributed by atoms with van der Waals surface area (Å²) in [5, 5.41) is 0.858. The first-order chi connectivity index (χ1) is 22.4. The highest BCUT2D eigenvalue weighted by molar-refractivity contribution is 7.70. The quantitative estimate of drug-likeness (QED) is 0.168. The molecule has 7 rings (SSSR count). The zero-order valence-corrected chi connectivity index (χ0v) is 26.6. The van der Waals surface area contributed by atoms with Crippen LogP contribution in [0.4, 0.5) is 0 Å². The number of benzene rings is 6. The molecule has 0 aliphatic carbocycles. The first kappa shape index (κ1) is 29.3. The third kappa shape index (κ3) is 6.35. The van der Waals surface area contributed by atoms with E-state index in [0.29, 0.717) is 17.5 Å². The Morgan fingerprint density at radius 2 is 0.652 bits per heavy atom. The number of rotatable bonds is 7. The van der Waals surface area contributed by atoms with Crippen molar-refractivity contribution in [3.05, 3.63) is 158 Å². The third-order valence-corrected chi connectivity index (χ3v) is 9.54. The second-order valence-corrected chi connectivity index (χ2v) is 14.9. The third-order valence-electron chi connectivity index (χ3n) is 8.01. The minimum absolute atomic E-state index is 0.588. The lowest BCUT2D eigenvalue weighted by atomic mass is 10.0. The van der Waals surface area contributed by atoms with Crippen molar-refractivity contribution in [3.63, 3.8) is 0 Å². The van der Waals surface area contributed by atoms with Gasteiger partial charge in [-0.3, -0.25) is 0 Å². The molecule has 0 amide bonds. The van der Waals surface area contributed by atoms with Crippen LogP contribution in [0.3, 0.4) is 0 Å². The maximum Gasteiger partial charge on any atom is 0.164 e. The summed E-state index contributed by atoms with van der Waals surface area (Å²) in [5.74, 6) is 1.80. The highest BCUT2D eigenvalue weighted by Gasteiger charge is 2.16. The van der Waals surface area contributed by atoms with E-state index in [0.717, 1.165) is 55.4 Å². The molecule has 4 nitrogen and oxygen atoms in total. The first-order valence-corrected chi connectivity index (χ1v) is 17.9. The van der Waals surface area contributed by atoms with Gasteiger partial charge in [0.15, 0.2) is 17.5 Å². The number of hydrogen-bond acceptors (Lipinski definition) is 4. The Bertz CT molecular complexity index is 2110. The Kier molecular flexibility index (Phi) is 7.97. The Hall–Kier alpha value is -5.44. The predicted octanol–water partition coefficient (Wildman–Crippen LogP) is 10.1. The standard InChI is InChI=1S/C41H32N3OP/c1-46(2,45)38-24-12-20-34(28-38)33-19-11-23-37(27-33)41-43-39(35-21-9-17-31(25-35)29-13-5-3-6-14-29)42-40(44-41)36-22-10-18-32(26-36)30-15-7-4-8-16-30/h3-28H,1-2H3. The zero-order valence-electron chi connectivity index (χ0n) is 25.7. The van der Waals surface area contributed by atoms with Crippen LogP contribution in [0.5, 0.6) is 0 Å². The fourth-order valence-corrected chi connectivity index (χ4v) is 6.45. The van der Waals surface area contributed by atoms with E-state index in [1.165, 1.54) is 0 Å². The Morgan fingerprint density at radius 3 is 1.04 bits per heavy atom. The molecule has 1 aromatic heterocycles. The number of hydrogen-bond donors (Lipinski definition) is 0. The van der Waals surface area contributed by atoms with E-state index >= 15 is 0 Å². The lowest BCUT2D eigenvalue weighted by Crippen LogP contribution is -2.02. The van der Waals surface area contributed by atoms with Crippen molar-refractivity contribution in [3.8, 4) is 67.5 Å². The molecule has 0 saturated heterocycles. The molecule has 7 aromatic rings. The van der Waals surface area contributed by atoms with Gasteiger partial charge in [-0.15, -0.1) is 0 Å². The van der Waals surface area contributed by atoms with E-state index in [2.05, 4.69) is 60.7 Å². The van der Waals surface area contributed by atoms with E-state index in [-0.39, 0.29) is 0 Å². The van der Waals surface area contributed by atoms with Gasteiger partial charge in [-0.1, -0.05) is 133 Å². The molecular weight excluding hydrogens is 581 g/mol. The van der Waals surface area contributed by atoms with Crippen molar-refractivity contribution < 1.29 is 4.57 Å². The fraction of sp³-hybridized carbons (Fsp3) is 0.0488. The minimum atomic E-state index is -2.40. The highest BCUT2D eigenvalue weighted by Crippen LogP contribution is 2.36. The molecular formula is C41H32N3OP. The Labute approximate surface area is 269 Å². The number of nitrogens with zero attached hydrogens (tertiary/aromatic N) is 3. The van der Waals surface area contributed by atoms with Gasteiger partial charge in [-0.2, -0.15) is 0 Å². The average molecular weight is 614 g/mol. The van der Waals surface area contributed by atoms with Crippen LogP contribution in [0.15, 0.2) is 158 Å². The molecule has 0 spiro atoms. The summed E-state index contributed by atoms with van der Waals surface area (Å²) < 4.78 is 12.8. The van der Waals surface area contributed by atoms with E-state index in [1.54, 1.807) is 13.3 Å². The van der Waals surface area contributed by atoms with Gasteiger partial charge in [0.25, 0.3) is 0 Å². The topological polar surface area (TPSA) is 55.7 Å². The summed E-state index contributed by atoms with van der Waals surface area (Å²) >= 11 is 0. The van der Waals surface area contributed by atoms with Gasteiger partial charge >= 0.3 is 0 Å². The summed E-state index contributed by atoms with van der Waals surface area (Å²) in [4.78, 5) is 15.1. The van der Waals surface area contributed by atoms with E-state index in [1.807, 2.05) is 97.1 Å². The van der Waals surface area contributed by atoms with Crippen molar-refractivity contribution in [2.24, 2.45) is 0 Å². The summed E-state index contributed by atoms with van der Waals surface area (Å²) in [6.45, 7) is 3.60. The van der Waals surface area contributed by atoms with Gasteiger partial charge in [0, 0.05) is 22.0 Å². The van der Waals surface area contributed by atoms with E-state index in [9.17, 15) is 4.57 Å². The largest absolute Gasteiger partial charge is 0.319 e. The van der Waals surface area contributed by atoms with Crippen LogP contribution < -0.4 is 5.30 Å². The maximum absolute atomic E-state index is 12.8. The normalized spacial score (nSPS) is 11.3. The Morgan fingerprint density at radius 1 is 0.348 bits per heavy atom. The monoisotopic (exact) mass is 613 g/mol. The highest BCUT2D eigenvalue weighted by atomic mass is 31.2. The SMILES string of the molecule is CP(C)(=O)c1cccc(-c2cccc(-c3nc(-c4cccc(-c5ccccc5)c4)nc(-c4cccc(-c5ccccc5)c4)n3)c2)c1. The molecule has 0 fully saturated rings. The lowest BCUT2D eigenvalue weighted by Gasteiger charge is -2.12. The van der Waals surface area contributed by atoms with Crippen LogP contribution in [0.25, 0.3) is 67.5 Å². The van der Waals surface area contributed by atoms with Gasteiger partial charge in [-0.05, 0) is 71.0 Å². The van der Waals surface area contributed by atoms with E-state index < -0.39 is 7.14 Å². The minimum Gasteiger partial charge on any atom is -0.319 e. The zero-order chi connectivity index (χ0) is 31.5. The van der Waals surface area contributed by atoms with Crippen LogP contribution >= 0.6 is 7.14 Å². The number of aromatic nitrogens is 3. The van der Waals surface area contributed by atoms with Crippen molar-refractivity contribution in [2.75, 3.05) is 13.3 Å². The molecule has 222 valence electrons. The van der Waals surface area contributed by atoms with Crippen LogP contribution in [0.1, 0.15) is 0 Å². The van der Waals surface area contributed by atoms with Gasteiger partial charge in [0.2, 0.25) is 0 Å². The molecule has 6 aromatic carbocycles. The first-order valence-electron chi connectivity index (χ1n) is 15.2. The van der Waals surface area contributed by atoms with E-state index in [4.69, 9.17) is 15.0 Å². The second kappa shape index (κ2) is 12.5. The summed E-state index contributed by atoms with van der Waals surface area (Å²) in [6.07, 6.45) is 0. The average Bonchev–Trinajstić information content (AvgIpc) is 3.12. The van der Waals surface area contributed by atoms with Crippen molar-refractivity contribution in [2.45, 2.75) is 0 Å². The van der Waals surface area contributed by atoms with Crippen LogP contribution in [-0.4, -0.2) is 28.3 Å². The van der Waals surface area contributed by atoms with Gasteiger partial charge < -0.3 is 4.57 Å². The molecule has 0 aliphatic heterocycles. The Balaban J connectivity index is 1.37. The van der Waals surface area contributed by atoms with Gasteiger partial charge in [0.1, 0.15) is 7.14 Å². The van der Waals surface area contributed by atoms with Crippen molar-refractivity contribution >= 4 is 12.4 Å². The molecule has 1 heterocycles. The molecule has 0 saturated carbocycles. The molecule has 0 atom stereocenters. The molecule has 46 heavy (non-hydrogen) atoms. The molecule has 0 unspecified atom stereocenters. The van der Waals surface area contributed by atoms with Crippen LogP contribution in [-0.2, 0) is 4.57 Å². The van der Waals surface area contributed by atoms with Gasteiger partial charge in [-0.25, -0.2) is 15.0 Å². The molecule has 0 N–H and O–H groups in total. The molecule has 0 bridgehead atoms. The molecule has 5 heteroatoms. The second-order valence-electron chi connectivity index (χ2n) is 11.7. The van der Waals surface area contributed by atoms with Crippen molar-refractivity contribution in [1.82, 2.24) is 15.0 Å².